The van der Waals surface area contributed by atoms with Crippen molar-refractivity contribution in [2.24, 2.45) is 0 Å². The van der Waals surface area contributed by atoms with Crippen LogP contribution in [-0.2, 0) is 4.74 Å². The Kier molecular flexibility index (Phi) is 4.18. The van der Waals surface area contributed by atoms with Gasteiger partial charge in [0.2, 0.25) is 0 Å². The molecule has 0 aliphatic carbocycles. The van der Waals surface area contributed by atoms with Crippen LogP contribution < -0.4 is 4.74 Å². The van der Waals surface area contributed by atoms with Crippen molar-refractivity contribution in [2.75, 3.05) is 13.7 Å². The smallest absolute Gasteiger partial charge is 0.342 e. The minimum Gasteiger partial charge on any atom is -0.496 e. The Morgan fingerprint density at radius 2 is 2.33 bits per heavy atom. The predicted octanol–water partition coefficient (Wildman–Crippen LogP) is 2.69. The van der Waals surface area contributed by atoms with E-state index in [-0.39, 0.29) is 6.61 Å². The number of carbonyl (C=O) groups is 1. The maximum Gasteiger partial charge on any atom is 0.342 e. The maximum absolute atomic E-state index is 11.5. The minimum absolute atomic E-state index is 0.161. The van der Waals surface area contributed by atoms with Crippen LogP contribution >= 0.6 is 11.6 Å². The molecule has 0 radical (unpaired) electrons. The van der Waals surface area contributed by atoms with Crippen LogP contribution in [0, 0.1) is 0 Å². The summed E-state index contributed by atoms with van der Waals surface area (Å²) in [6.45, 7) is 3.61. The number of ether oxygens (including phenoxy) is 2. The van der Waals surface area contributed by atoms with E-state index in [0.29, 0.717) is 16.3 Å². The number of hydrogen-bond donors (Lipinski definition) is 0. The highest BCUT2D eigenvalue weighted by Gasteiger charge is 2.13. The second kappa shape index (κ2) is 5.41. The van der Waals surface area contributed by atoms with Crippen LogP contribution in [0.5, 0.6) is 5.75 Å². The predicted molar refractivity (Wildman–Crippen MR) is 58.5 cm³/mol. The molecule has 0 heterocycles. The number of hydrogen-bond acceptors (Lipinski definition) is 3. The summed E-state index contributed by atoms with van der Waals surface area (Å²) in [6.07, 6.45) is 1.49. The molecule has 0 aliphatic rings. The van der Waals surface area contributed by atoms with Crippen molar-refractivity contribution < 1.29 is 14.3 Å². The monoisotopic (exact) mass is 226 g/mol. The van der Waals surface area contributed by atoms with E-state index in [1.54, 1.807) is 12.1 Å². The number of esters is 1. The summed E-state index contributed by atoms with van der Waals surface area (Å²) in [5, 5.41) is 0.460. The SMILES string of the molecule is C=CCOC(=O)c1cc(Cl)ccc1OC. The van der Waals surface area contributed by atoms with Gasteiger partial charge >= 0.3 is 5.97 Å². The summed E-state index contributed by atoms with van der Waals surface area (Å²) in [4.78, 5) is 11.5. The van der Waals surface area contributed by atoms with E-state index in [4.69, 9.17) is 21.1 Å². The van der Waals surface area contributed by atoms with Gasteiger partial charge in [0.1, 0.15) is 17.9 Å². The molecule has 0 saturated heterocycles. The number of methoxy groups -OCH3 is 1. The molecular weight excluding hydrogens is 216 g/mol. The van der Waals surface area contributed by atoms with E-state index in [9.17, 15) is 4.79 Å². The molecule has 15 heavy (non-hydrogen) atoms. The van der Waals surface area contributed by atoms with Crippen LogP contribution in [0.2, 0.25) is 5.02 Å². The molecule has 0 bridgehead atoms. The first kappa shape index (κ1) is 11.6. The molecule has 0 aromatic heterocycles. The zero-order valence-corrected chi connectivity index (χ0v) is 9.08. The number of carbonyl (C=O) groups excluding carboxylic acids is 1. The first-order valence-corrected chi connectivity index (χ1v) is 4.68. The van der Waals surface area contributed by atoms with E-state index in [2.05, 4.69) is 6.58 Å². The Labute approximate surface area is 93.3 Å². The lowest BCUT2D eigenvalue weighted by Crippen LogP contribution is -2.07. The van der Waals surface area contributed by atoms with Gasteiger partial charge in [0.15, 0.2) is 0 Å². The minimum atomic E-state index is -0.478. The average Bonchev–Trinajstić information content (AvgIpc) is 2.25. The molecule has 0 spiro atoms. The van der Waals surface area contributed by atoms with Crippen LogP contribution in [0.25, 0.3) is 0 Å². The molecule has 0 atom stereocenters. The highest BCUT2D eigenvalue weighted by atomic mass is 35.5. The van der Waals surface area contributed by atoms with Crippen molar-refractivity contribution in [1.29, 1.82) is 0 Å². The third-order valence-electron chi connectivity index (χ3n) is 1.71. The fourth-order valence-electron chi connectivity index (χ4n) is 1.05. The largest absolute Gasteiger partial charge is 0.496 e. The lowest BCUT2D eigenvalue weighted by atomic mass is 10.2. The Hall–Kier alpha value is -1.48. The standard InChI is InChI=1S/C11H11ClO3/c1-3-6-15-11(13)9-7-8(12)4-5-10(9)14-2/h3-5,7H,1,6H2,2H3. The normalized spacial score (nSPS) is 9.47. The van der Waals surface area contributed by atoms with Crippen molar-refractivity contribution in [3.63, 3.8) is 0 Å². The summed E-state index contributed by atoms with van der Waals surface area (Å²) < 4.78 is 9.90. The Bertz CT molecular complexity index is 374. The number of benzene rings is 1. The molecule has 0 fully saturated rings. The Balaban J connectivity index is 2.94. The maximum atomic E-state index is 11.5. The van der Waals surface area contributed by atoms with Crippen LogP contribution in [0.15, 0.2) is 30.9 Å². The Morgan fingerprint density at radius 1 is 1.60 bits per heavy atom. The van der Waals surface area contributed by atoms with Gasteiger partial charge in [-0.2, -0.15) is 0 Å². The van der Waals surface area contributed by atoms with Crippen molar-refractivity contribution in [3.8, 4) is 5.75 Å². The van der Waals surface area contributed by atoms with Crippen molar-refractivity contribution in [1.82, 2.24) is 0 Å². The van der Waals surface area contributed by atoms with Crippen LogP contribution in [0.4, 0.5) is 0 Å². The van der Waals surface area contributed by atoms with E-state index < -0.39 is 5.97 Å². The fraction of sp³-hybridized carbons (Fsp3) is 0.182. The Morgan fingerprint density at radius 3 is 2.93 bits per heavy atom. The van der Waals surface area contributed by atoms with Gasteiger partial charge in [-0.3, -0.25) is 0 Å². The topological polar surface area (TPSA) is 35.5 Å². The zero-order valence-electron chi connectivity index (χ0n) is 8.33. The van der Waals surface area contributed by atoms with Gasteiger partial charge in [0.05, 0.1) is 7.11 Å². The molecular formula is C11H11ClO3. The van der Waals surface area contributed by atoms with Crippen molar-refractivity contribution >= 4 is 17.6 Å². The second-order valence-electron chi connectivity index (χ2n) is 2.73. The molecule has 4 heteroatoms. The summed E-state index contributed by atoms with van der Waals surface area (Å²) in [5.74, 6) is -0.0392. The summed E-state index contributed by atoms with van der Waals surface area (Å²) in [5.41, 5.74) is 0.312. The molecule has 3 nitrogen and oxygen atoms in total. The fourth-order valence-corrected chi connectivity index (χ4v) is 1.22. The lowest BCUT2D eigenvalue weighted by molar-refractivity contribution is 0.0546. The number of rotatable bonds is 4. The molecule has 0 N–H and O–H groups in total. The van der Waals surface area contributed by atoms with E-state index >= 15 is 0 Å². The molecule has 0 aliphatic heterocycles. The molecule has 0 unspecified atom stereocenters. The molecule has 1 rings (SSSR count). The van der Waals surface area contributed by atoms with Gasteiger partial charge in [-0.25, -0.2) is 4.79 Å². The lowest BCUT2D eigenvalue weighted by Gasteiger charge is -2.07. The molecule has 0 saturated carbocycles. The van der Waals surface area contributed by atoms with Gasteiger partial charge in [-0.1, -0.05) is 24.3 Å². The van der Waals surface area contributed by atoms with Crippen LogP contribution in [-0.4, -0.2) is 19.7 Å². The quantitative estimate of drug-likeness (QED) is 0.585. The average molecular weight is 227 g/mol. The molecule has 0 amide bonds. The van der Waals surface area contributed by atoms with Crippen molar-refractivity contribution in [3.05, 3.63) is 41.4 Å². The van der Waals surface area contributed by atoms with Gasteiger partial charge in [-0.05, 0) is 18.2 Å². The van der Waals surface area contributed by atoms with E-state index in [1.807, 2.05) is 0 Å². The highest BCUT2D eigenvalue weighted by molar-refractivity contribution is 6.31. The second-order valence-corrected chi connectivity index (χ2v) is 3.17. The summed E-state index contributed by atoms with van der Waals surface area (Å²) in [7, 11) is 1.48. The molecule has 1 aromatic carbocycles. The zero-order chi connectivity index (χ0) is 11.3. The molecule has 80 valence electrons. The van der Waals surface area contributed by atoms with Gasteiger partial charge < -0.3 is 9.47 Å². The third-order valence-corrected chi connectivity index (χ3v) is 1.95. The van der Waals surface area contributed by atoms with Crippen LogP contribution in [0.1, 0.15) is 10.4 Å². The summed E-state index contributed by atoms with van der Waals surface area (Å²) >= 11 is 5.77. The van der Waals surface area contributed by atoms with E-state index in [0.717, 1.165) is 0 Å². The highest BCUT2D eigenvalue weighted by Crippen LogP contribution is 2.23. The van der Waals surface area contributed by atoms with Crippen LogP contribution in [0.3, 0.4) is 0 Å². The summed E-state index contributed by atoms with van der Waals surface area (Å²) in [6, 6.07) is 4.77. The molecule has 1 aromatic rings. The number of halogens is 1. The van der Waals surface area contributed by atoms with E-state index in [1.165, 1.54) is 19.3 Å². The van der Waals surface area contributed by atoms with Gasteiger partial charge in [0.25, 0.3) is 0 Å². The first-order chi connectivity index (χ1) is 7.19. The first-order valence-electron chi connectivity index (χ1n) is 4.30. The van der Waals surface area contributed by atoms with Gasteiger partial charge in [-0.15, -0.1) is 0 Å². The third kappa shape index (κ3) is 2.99. The van der Waals surface area contributed by atoms with Crippen molar-refractivity contribution in [2.45, 2.75) is 0 Å². The van der Waals surface area contributed by atoms with Gasteiger partial charge in [0, 0.05) is 5.02 Å².